The van der Waals surface area contributed by atoms with Gasteiger partial charge in [-0.3, -0.25) is 9.58 Å². The number of hydrogen-bond acceptors (Lipinski definition) is 4. The zero-order valence-electron chi connectivity index (χ0n) is 12.1. The van der Waals surface area contributed by atoms with Gasteiger partial charge in [0.15, 0.2) is 0 Å². The molecular formula is C13H19N3O4. The van der Waals surface area contributed by atoms with Gasteiger partial charge in [-0.25, -0.2) is 9.59 Å². The van der Waals surface area contributed by atoms with Crippen LogP contribution in [-0.2, 0) is 17.8 Å². The standard InChI is InChI=1S/C13H19N3O4/c1-8-6-16-10(9(5-14-16)11(17)18)7-15(8)12(19)20-13(2,3)4/h5,8H,6-7H2,1-4H3,(H,17,18)/t8-/m0/s1. The summed E-state index contributed by atoms with van der Waals surface area (Å²) in [6, 6.07) is -0.0982. The molecule has 0 aliphatic carbocycles. The van der Waals surface area contributed by atoms with Gasteiger partial charge in [-0.15, -0.1) is 0 Å². The lowest BCUT2D eigenvalue weighted by Gasteiger charge is -2.35. The fraction of sp³-hybridized carbons (Fsp3) is 0.615. The molecule has 1 aliphatic heterocycles. The van der Waals surface area contributed by atoms with Crippen LogP contribution in [0.3, 0.4) is 0 Å². The molecule has 1 aromatic heterocycles. The molecule has 2 rings (SSSR count). The van der Waals surface area contributed by atoms with Crippen molar-refractivity contribution in [3.05, 3.63) is 17.5 Å². The summed E-state index contributed by atoms with van der Waals surface area (Å²) in [4.78, 5) is 24.8. The van der Waals surface area contributed by atoms with E-state index in [1.807, 2.05) is 6.92 Å². The predicted octanol–water partition coefficient (Wildman–Crippen LogP) is 1.72. The Kier molecular flexibility index (Phi) is 3.45. The van der Waals surface area contributed by atoms with Gasteiger partial charge >= 0.3 is 12.1 Å². The van der Waals surface area contributed by atoms with Crippen molar-refractivity contribution in [2.45, 2.75) is 52.4 Å². The van der Waals surface area contributed by atoms with E-state index in [0.29, 0.717) is 12.2 Å². The average Bonchev–Trinajstić information content (AvgIpc) is 2.67. The van der Waals surface area contributed by atoms with E-state index < -0.39 is 17.7 Å². The minimum Gasteiger partial charge on any atom is -0.478 e. The summed E-state index contributed by atoms with van der Waals surface area (Å²) in [6.07, 6.45) is 0.886. The zero-order valence-corrected chi connectivity index (χ0v) is 12.1. The second-order valence-corrected chi connectivity index (χ2v) is 5.95. The Bertz CT molecular complexity index is 544. The van der Waals surface area contributed by atoms with E-state index in [1.165, 1.54) is 11.1 Å². The molecule has 7 nitrogen and oxygen atoms in total. The highest BCUT2D eigenvalue weighted by atomic mass is 16.6. The van der Waals surface area contributed by atoms with E-state index in [9.17, 15) is 9.59 Å². The summed E-state index contributed by atoms with van der Waals surface area (Å²) in [5.74, 6) is -1.04. The van der Waals surface area contributed by atoms with Gasteiger partial charge < -0.3 is 9.84 Å². The van der Waals surface area contributed by atoms with E-state index in [-0.39, 0.29) is 18.2 Å². The van der Waals surface area contributed by atoms with Crippen LogP contribution >= 0.6 is 0 Å². The average molecular weight is 281 g/mol. The lowest BCUT2D eigenvalue weighted by atomic mass is 10.1. The Morgan fingerprint density at radius 1 is 1.45 bits per heavy atom. The number of fused-ring (bicyclic) bond motifs is 1. The molecule has 1 aromatic rings. The van der Waals surface area contributed by atoms with Crippen molar-refractivity contribution in [2.24, 2.45) is 0 Å². The molecule has 1 N–H and O–H groups in total. The summed E-state index contributed by atoms with van der Waals surface area (Å²) in [7, 11) is 0. The lowest BCUT2D eigenvalue weighted by molar-refractivity contribution is 0.00878. The minimum absolute atomic E-state index is 0.0982. The van der Waals surface area contributed by atoms with Gasteiger partial charge in [0, 0.05) is 0 Å². The molecule has 20 heavy (non-hydrogen) atoms. The Balaban J connectivity index is 2.24. The quantitative estimate of drug-likeness (QED) is 0.847. The molecule has 0 unspecified atom stereocenters. The topological polar surface area (TPSA) is 84.7 Å². The second kappa shape index (κ2) is 4.81. The van der Waals surface area contributed by atoms with Gasteiger partial charge in [-0.05, 0) is 27.7 Å². The first-order valence-corrected chi connectivity index (χ1v) is 6.46. The van der Waals surface area contributed by atoms with E-state index in [2.05, 4.69) is 5.10 Å². The predicted molar refractivity (Wildman–Crippen MR) is 70.4 cm³/mol. The van der Waals surface area contributed by atoms with Crippen LogP contribution in [0.5, 0.6) is 0 Å². The van der Waals surface area contributed by atoms with Crippen LogP contribution in [0.4, 0.5) is 4.79 Å². The maximum absolute atomic E-state index is 12.2. The normalized spacial score (nSPS) is 18.6. The number of nitrogens with zero attached hydrogens (tertiary/aromatic N) is 3. The third-order valence-corrected chi connectivity index (χ3v) is 3.10. The summed E-state index contributed by atoms with van der Waals surface area (Å²) in [5.41, 5.74) is 0.0799. The zero-order chi connectivity index (χ0) is 15.1. The molecular weight excluding hydrogens is 262 g/mol. The fourth-order valence-electron chi connectivity index (χ4n) is 2.14. The van der Waals surface area contributed by atoms with Crippen LogP contribution in [0.1, 0.15) is 43.7 Å². The number of carbonyl (C=O) groups is 2. The molecule has 1 atom stereocenters. The molecule has 7 heteroatoms. The van der Waals surface area contributed by atoms with E-state index in [1.54, 1.807) is 25.5 Å². The Morgan fingerprint density at radius 2 is 2.10 bits per heavy atom. The molecule has 0 bridgehead atoms. The van der Waals surface area contributed by atoms with Crippen molar-refractivity contribution >= 4 is 12.1 Å². The number of hydrogen-bond donors (Lipinski definition) is 1. The van der Waals surface area contributed by atoms with Crippen molar-refractivity contribution in [3.63, 3.8) is 0 Å². The van der Waals surface area contributed by atoms with Gasteiger partial charge in [-0.1, -0.05) is 0 Å². The summed E-state index contributed by atoms with van der Waals surface area (Å²) >= 11 is 0. The fourth-order valence-corrected chi connectivity index (χ4v) is 2.14. The van der Waals surface area contributed by atoms with Crippen molar-refractivity contribution in [3.8, 4) is 0 Å². The molecule has 0 radical (unpaired) electrons. The highest BCUT2D eigenvalue weighted by Gasteiger charge is 2.33. The van der Waals surface area contributed by atoms with Crippen LogP contribution in [0.25, 0.3) is 0 Å². The van der Waals surface area contributed by atoms with Gasteiger partial charge in [-0.2, -0.15) is 5.10 Å². The second-order valence-electron chi connectivity index (χ2n) is 5.95. The van der Waals surface area contributed by atoms with E-state index >= 15 is 0 Å². The van der Waals surface area contributed by atoms with Gasteiger partial charge in [0.1, 0.15) is 11.2 Å². The van der Waals surface area contributed by atoms with Gasteiger partial charge in [0.25, 0.3) is 0 Å². The number of ether oxygens (including phenoxy) is 1. The van der Waals surface area contributed by atoms with Crippen molar-refractivity contribution < 1.29 is 19.4 Å². The number of carboxylic acid groups (broad SMARTS) is 1. The molecule has 1 amide bonds. The third-order valence-electron chi connectivity index (χ3n) is 3.10. The molecule has 2 heterocycles. The van der Waals surface area contributed by atoms with Crippen LogP contribution in [0, 0.1) is 0 Å². The van der Waals surface area contributed by atoms with Crippen LogP contribution in [-0.4, -0.2) is 43.5 Å². The first kappa shape index (κ1) is 14.4. The Morgan fingerprint density at radius 3 is 2.65 bits per heavy atom. The van der Waals surface area contributed by atoms with Crippen LogP contribution in [0.15, 0.2) is 6.20 Å². The smallest absolute Gasteiger partial charge is 0.410 e. The SMILES string of the molecule is C[C@H]1Cn2ncc(C(=O)O)c2CN1C(=O)OC(C)(C)C. The maximum Gasteiger partial charge on any atom is 0.410 e. The summed E-state index contributed by atoms with van der Waals surface area (Å²) < 4.78 is 6.98. The molecule has 0 aromatic carbocycles. The molecule has 0 fully saturated rings. The van der Waals surface area contributed by atoms with E-state index in [4.69, 9.17) is 9.84 Å². The van der Waals surface area contributed by atoms with Crippen molar-refractivity contribution in [1.82, 2.24) is 14.7 Å². The first-order chi connectivity index (χ1) is 9.19. The van der Waals surface area contributed by atoms with Gasteiger partial charge in [0.2, 0.25) is 0 Å². The molecule has 0 spiro atoms. The highest BCUT2D eigenvalue weighted by molar-refractivity contribution is 5.88. The third kappa shape index (κ3) is 2.76. The van der Waals surface area contributed by atoms with Crippen LogP contribution in [0.2, 0.25) is 0 Å². The highest BCUT2D eigenvalue weighted by Crippen LogP contribution is 2.22. The number of rotatable bonds is 1. The number of aromatic carboxylic acids is 1. The summed E-state index contributed by atoms with van der Waals surface area (Å²) in [6.45, 7) is 7.93. The molecule has 110 valence electrons. The number of amides is 1. The lowest BCUT2D eigenvalue weighted by Crippen LogP contribution is -2.47. The Labute approximate surface area is 117 Å². The van der Waals surface area contributed by atoms with Crippen molar-refractivity contribution in [1.29, 1.82) is 0 Å². The van der Waals surface area contributed by atoms with Crippen LogP contribution < -0.4 is 0 Å². The maximum atomic E-state index is 12.2. The molecule has 0 saturated carbocycles. The molecule has 0 saturated heterocycles. The van der Waals surface area contributed by atoms with Crippen molar-refractivity contribution in [2.75, 3.05) is 0 Å². The Hall–Kier alpha value is -2.05. The van der Waals surface area contributed by atoms with Gasteiger partial charge in [0.05, 0.1) is 31.0 Å². The monoisotopic (exact) mass is 281 g/mol. The number of aromatic nitrogens is 2. The largest absolute Gasteiger partial charge is 0.478 e. The number of carbonyl (C=O) groups excluding carboxylic acids is 1. The first-order valence-electron chi connectivity index (χ1n) is 6.46. The van der Waals surface area contributed by atoms with E-state index in [0.717, 1.165) is 0 Å². The molecule has 1 aliphatic rings. The number of carboxylic acids is 1. The minimum atomic E-state index is -1.04. The summed E-state index contributed by atoms with van der Waals surface area (Å²) in [5, 5.41) is 13.2.